The predicted molar refractivity (Wildman–Crippen MR) is 60.0 cm³/mol. The molecule has 0 unspecified atom stereocenters. The van der Waals surface area contributed by atoms with Crippen molar-refractivity contribution < 1.29 is 9.21 Å². The summed E-state index contributed by atoms with van der Waals surface area (Å²) < 4.78 is 5.21. The van der Waals surface area contributed by atoms with Gasteiger partial charge >= 0.3 is 0 Å². The minimum absolute atomic E-state index is 0.0344. The van der Waals surface area contributed by atoms with Crippen molar-refractivity contribution in [3.8, 4) is 0 Å². The van der Waals surface area contributed by atoms with Gasteiger partial charge in [-0.15, -0.1) is 0 Å². The number of likely N-dealkylation sites (N-methyl/N-ethyl adjacent to an activating group) is 1. The Morgan fingerprint density at radius 2 is 2.12 bits per heavy atom. The Morgan fingerprint density at radius 3 is 2.69 bits per heavy atom. The predicted octanol–water partition coefficient (Wildman–Crippen LogP) is 0.126. The Labute approximate surface area is 94.8 Å². The number of furan rings is 1. The van der Waals surface area contributed by atoms with Crippen LogP contribution in [0.2, 0.25) is 0 Å². The van der Waals surface area contributed by atoms with Crippen molar-refractivity contribution in [2.75, 3.05) is 33.2 Å². The maximum absolute atomic E-state index is 12.0. The number of amides is 1. The molecule has 0 saturated carbocycles. The largest absolute Gasteiger partial charge is 0.459 e. The fraction of sp³-hybridized carbons (Fsp3) is 0.545. The standard InChI is InChI=1S/C11H17N3O2/c1-13-2-4-14(5-3-13)11(15)10-6-9(7-12)8-16-10/h6,8H,2-5,7,12H2,1H3. The Bertz CT molecular complexity index is 367. The molecule has 0 atom stereocenters. The van der Waals surface area contributed by atoms with Gasteiger partial charge in [0.25, 0.3) is 5.91 Å². The van der Waals surface area contributed by atoms with Crippen LogP contribution in [0.1, 0.15) is 16.1 Å². The monoisotopic (exact) mass is 223 g/mol. The minimum Gasteiger partial charge on any atom is -0.459 e. The van der Waals surface area contributed by atoms with Crippen LogP contribution in [0.4, 0.5) is 0 Å². The van der Waals surface area contributed by atoms with E-state index >= 15 is 0 Å². The number of carbonyl (C=O) groups is 1. The van der Waals surface area contributed by atoms with Crippen LogP contribution >= 0.6 is 0 Å². The molecule has 0 spiro atoms. The van der Waals surface area contributed by atoms with E-state index in [4.69, 9.17) is 10.2 Å². The zero-order chi connectivity index (χ0) is 11.5. The third-order valence-corrected chi connectivity index (χ3v) is 2.89. The molecule has 1 fully saturated rings. The quantitative estimate of drug-likeness (QED) is 0.774. The Morgan fingerprint density at radius 1 is 1.44 bits per heavy atom. The van der Waals surface area contributed by atoms with Crippen LogP contribution in [0.15, 0.2) is 16.7 Å². The highest BCUT2D eigenvalue weighted by Crippen LogP contribution is 2.11. The highest BCUT2D eigenvalue weighted by Gasteiger charge is 2.22. The molecular formula is C11H17N3O2. The van der Waals surface area contributed by atoms with Crippen LogP contribution < -0.4 is 5.73 Å². The molecule has 1 aromatic heterocycles. The summed E-state index contributed by atoms with van der Waals surface area (Å²) in [6, 6.07) is 1.72. The number of nitrogens with two attached hydrogens (primary N) is 1. The van der Waals surface area contributed by atoms with Crippen molar-refractivity contribution in [1.82, 2.24) is 9.80 Å². The Balaban J connectivity index is 2.01. The van der Waals surface area contributed by atoms with Gasteiger partial charge in [-0.3, -0.25) is 4.79 Å². The molecule has 1 aromatic rings. The van der Waals surface area contributed by atoms with Gasteiger partial charge in [-0.25, -0.2) is 0 Å². The van der Waals surface area contributed by atoms with Gasteiger partial charge < -0.3 is 20.0 Å². The van der Waals surface area contributed by atoms with Crippen LogP contribution in [0, 0.1) is 0 Å². The summed E-state index contributed by atoms with van der Waals surface area (Å²) in [5.41, 5.74) is 6.33. The summed E-state index contributed by atoms with van der Waals surface area (Å²) in [5, 5.41) is 0. The number of nitrogens with zero attached hydrogens (tertiary/aromatic N) is 2. The smallest absolute Gasteiger partial charge is 0.289 e. The van der Waals surface area contributed by atoms with Gasteiger partial charge in [-0.05, 0) is 13.1 Å². The molecule has 5 nitrogen and oxygen atoms in total. The lowest BCUT2D eigenvalue weighted by Crippen LogP contribution is -2.47. The van der Waals surface area contributed by atoms with Crippen molar-refractivity contribution in [3.63, 3.8) is 0 Å². The van der Waals surface area contributed by atoms with Gasteiger partial charge in [0.1, 0.15) is 0 Å². The maximum Gasteiger partial charge on any atom is 0.289 e. The summed E-state index contributed by atoms with van der Waals surface area (Å²) in [7, 11) is 2.06. The summed E-state index contributed by atoms with van der Waals surface area (Å²) in [5.74, 6) is 0.359. The maximum atomic E-state index is 12.0. The molecule has 16 heavy (non-hydrogen) atoms. The summed E-state index contributed by atoms with van der Waals surface area (Å²) in [6.07, 6.45) is 1.54. The van der Waals surface area contributed by atoms with Crippen molar-refractivity contribution in [3.05, 3.63) is 23.7 Å². The van der Waals surface area contributed by atoms with Crippen LogP contribution in [-0.2, 0) is 6.54 Å². The minimum atomic E-state index is -0.0344. The van der Waals surface area contributed by atoms with E-state index in [1.54, 1.807) is 12.3 Å². The van der Waals surface area contributed by atoms with E-state index in [-0.39, 0.29) is 5.91 Å². The molecule has 1 aliphatic heterocycles. The number of hydrogen-bond acceptors (Lipinski definition) is 4. The van der Waals surface area contributed by atoms with E-state index in [0.29, 0.717) is 12.3 Å². The molecule has 5 heteroatoms. The molecule has 0 aliphatic carbocycles. The summed E-state index contributed by atoms with van der Waals surface area (Å²) >= 11 is 0. The van der Waals surface area contributed by atoms with Gasteiger partial charge in [0.05, 0.1) is 6.26 Å². The molecule has 1 amide bonds. The van der Waals surface area contributed by atoms with E-state index < -0.39 is 0 Å². The normalized spacial score (nSPS) is 17.8. The molecule has 2 heterocycles. The van der Waals surface area contributed by atoms with E-state index in [1.165, 1.54) is 0 Å². The molecule has 88 valence electrons. The lowest BCUT2D eigenvalue weighted by atomic mass is 10.2. The number of rotatable bonds is 2. The molecular weight excluding hydrogens is 206 g/mol. The second-order valence-electron chi connectivity index (χ2n) is 4.12. The van der Waals surface area contributed by atoms with Crippen LogP contribution in [0.3, 0.4) is 0 Å². The van der Waals surface area contributed by atoms with Gasteiger partial charge in [-0.2, -0.15) is 0 Å². The molecule has 2 rings (SSSR count). The molecule has 0 radical (unpaired) electrons. The number of piperazine rings is 1. The average Bonchev–Trinajstić information content (AvgIpc) is 2.77. The second kappa shape index (κ2) is 4.67. The molecule has 0 aromatic carbocycles. The SMILES string of the molecule is CN1CCN(C(=O)c2cc(CN)co2)CC1. The van der Waals surface area contributed by atoms with E-state index in [1.807, 2.05) is 4.90 Å². The zero-order valence-electron chi connectivity index (χ0n) is 9.48. The highest BCUT2D eigenvalue weighted by atomic mass is 16.3. The van der Waals surface area contributed by atoms with E-state index in [9.17, 15) is 4.79 Å². The van der Waals surface area contributed by atoms with E-state index in [0.717, 1.165) is 31.7 Å². The number of carbonyl (C=O) groups excluding carboxylic acids is 1. The Hall–Kier alpha value is -1.33. The first kappa shape index (κ1) is 11.2. The summed E-state index contributed by atoms with van der Waals surface area (Å²) in [4.78, 5) is 16.0. The third-order valence-electron chi connectivity index (χ3n) is 2.89. The zero-order valence-corrected chi connectivity index (χ0v) is 9.48. The first-order valence-electron chi connectivity index (χ1n) is 5.46. The Kier molecular flexibility index (Phi) is 3.26. The topological polar surface area (TPSA) is 62.7 Å². The highest BCUT2D eigenvalue weighted by molar-refractivity contribution is 5.91. The molecule has 2 N–H and O–H groups in total. The second-order valence-corrected chi connectivity index (χ2v) is 4.12. The molecule has 0 bridgehead atoms. The summed E-state index contributed by atoms with van der Waals surface area (Å²) in [6.45, 7) is 3.74. The first-order valence-corrected chi connectivity index (χ1v) is 5.46. The first-order chi connectivity index (χ1) is 7.70. The van der Waals surface area contributed by atoms with Crippen molar-refractivity contribution in [1.29, 1.82) is 0 Å². The third kappa shape index (κ3) is 2.25. The lowest BCUT2D eigenvalue weighted by molar-refractivity contribution is 0.0632. The van der Waals surface area contributed by atoms with Gasteiger partial charge in [-0.1, -0.05) is 0 Å². The fourth-order valence-corrected chi connectivity index (χ4v) is 1.76. The fourth-order valence-electron chi connectivity index (χ4n) is 1.76. The van der Waals surface area contributed by atoms with Gasteiger partial charge in [0.2, 0.25) is 0 Å². The lowest BCUT2D eigenvalue weighted by Gasteiger charge is -2.31. The average molecular weight is 223 g/mol. The molecule has 1 saturated heterocycles. The van der Waals surface area contributed by atoms with Crippen LogP contribution in [0.25, 0.3) is 0 Å². The van der Waals surface area contributed by atoms with Crippen LogP contribution in [0.5, 0.6) is 0 Å². The van der Waals surface area contributed by atoms with Gasteiger partial charge in [0, 0.05) is 38.3 Å². The van der Waals surface area contributed by atoms with Gasteiger partial charge in [0.15, 0.2) is 5.76 Å². The van der Waals surface area contributed by atoms with Crippen molar-refractivity contribution >= 4 is 5.91 Å². The molecule has 1 aliphatic rings. The van der Waals surface area contributed by atoms with Crippen LogP contribution in [-0.4, -0.2) is 48.9 Å². The number of hydrogen-bond donors (Lipinski definition) is 1. The van der Waals surface area contributed by atoms with Crippen molar-refractivity contribution in [2.45, 2.75) is 6.54 Å². The van der Waals surface area contributed by atoms with E-state index in [2.05, 4.69) is 11.9 Å². The van der Waals surface area contributed by atoms with Crippen molar-refractivity contribution in [2.24, 2.45) is 5.73 Å².